The Morgan fingerprint density at radius 1 is 1.32 bits per heavy atom. The van der Waals surface area contributed by atoms with Crippen molar-refractivity contribution < 1.29 is 14.3 Å². The predicted octanol–water partition coefficient (Wildman–Crippen LogP) is 2.30. The van der Waals surface area contributed by atoms with E-state index in [2.05, 4.69) is 0 Å². The number of benzene rings is 1. The lowest BCUT2D eigenvalue weighted by Crippen LogP contribution is -2.43. The van der Waals surface area contributed by atoms with E-state index in [1.54, 1.807) is 37.9 Å². The van der Waals surface area contributed by atoms with Gasteiger partial charge in [0.15, 0.2) is 11.5 Å². The minimum Gasteiger partial charge on any atom is -0.493 e. The number of methoxy groups -OCH3 is 2. The van der Waals surface area contributed by atoms with Crippen molar-refractivity contribution in [3.05, 3.63) is 17.7 Å². The van der Waals surface area contributed by atoms with E-state index >= 15 is 0 Å². The molecule has 0 heterocycles. The molecule has 1 aliphatic rings. The molecule has 1 aliphatic carbocycles. The van der Waals surface area contributed by atoms with Gasteiger partial charge in [-0.1, -0.05) is 0 Å². The number of carbonyl (C=O) groups excluding carboxylic acids is 1. The summed E-state index contributed by atoms with van der Waals surface area (Å²) in [5.41, 5.74) is 6.37. The first-order valence-electron chi connectivity index (χ1n) is 6.78. The fourth-order valence-electron chi connectivity index (χ4n) is 2.27. The lowest BCUT2D eigenvalue weighted by molar-refractivity contribution is -0.132. The highest BCUT2D eigenvalue weighted by Gasteiger charge is 2.47. The van der Waals surface area contributed by atoms with Crippen molar-refractivity contribution in [1.29, 1.82) is 0 Å². The molecule has 1 aromatic carbocycles. The van der Waals surface area contributed by atoms with Crippen molar-refractivity contribution in [3.8, 4) is 11.5 Å². The second kappa shape index (κ2) is 7.44. The van der Waals surface area contributed by atoms with Crippen LogP contribution >= 0.6 is 24.2 Å². The highest BCUT2D eigenvalue weighted by molar-refractivity contribution is 7.98. The van der Waals surface area contributed by atoms with E-state index < -0.39 is 5.54 Å². The Labute approximate surface area is 141 Å². The van der Waals surface area contributed by atoms with Gasteiger partial charge in [-0.05, 0) is 36.8 Å². The van der Waals surface area contributed by atoms with Crippen LogP contribution in [0.25, 0.3) is 0 Å². The van der Waals surface area contributed by atoms with Gasteiger partial charge in [-0.2, -0.15) is 0 Å². The first-order valence-corrected chi connectivity index (χ1v) is 8.01. The summed E-state index contributed by atoms with van der Waals surface area (Å²) in [4.78, 5) is 15.0. The highest BCUT2D eigenvalue weighted by atomic mass is 35.5. The summed E-state index contributed by atoms with van der Waals surface area (Å²) in [6.07, 6.45) is 3.55. The number of nitrogens with two attached hydrogens (primary N) is 1. The average Bonchev–Trinajstić information content (AvgIpc) is 3.24. The van der Waals surface area contributed by atoms with Crippen LogP contribution in [0.2, 0.25) is 0 Å². The van der Waals surface area contributed by atoms with E-state index in [0.717, 1.165) is 23.3 Å². The predicted molar refractivity (Wildman–Crippen MR) is 91.2 cm³/mol. The molecule has 0 atom stereocenters. The third kappa shape index (κ3) is 3.80. The van der Waals surface area contributed by atoms with Gasteiger partial charge >= 0.3 is 0 Å². The maximum atomic E-state index is 12.2. The van der Waals surface area contributed by atoms with Crippen molar-refractivity contribution in [2.24, 2.45) is 5.73 Å². The molecule has 0 aromatic heterocycles. The topological polar surface area (TPSA) is 64.8 Å². The molecule has 0 radical (unpaired) electrons. The number of hydrogen-bond donors (Lipinski definition) is 1. The summed E-state index contributed by atoms with van der Waals surface area (Å²) in [6, 6.07) is 3.86. The van der Waals surface area contributed by atoms with Crippen LogP contribution in [0, 0.1) is 0 Å². The lowest BCUT2D eigenvalue weighted by atomic mass is 10.1. The number of carbonyl (C=O) groups is 1. The molecule has 0 saturated heterocycles. The minimum atomic E-state index is -0.634. The summed E-state index contributed by atoms with van der Waals surface area (Å²) in [7, 11) is 5.01. The zero-order valence-corrected chi connectivity index (χ0v) is 15.0. The third-order valence-corrected chi connectivity index (χ3v) is 4.58. The second-order valence-corrected chi connectivity index (χ2v) is 6.18. The first-order chi connectivity index (χ1) is 9.95. The number of thioether (sulfide) groups is 1. The fourth-order valence-corrected chi connectivity index (χ4v) is 2.88. The maximum absolute atomic E-state index is 12.2. The van der Waals surface area contributed by atoms with Gasteiger partial charge in [-0.25, -0.2) is 0 Å². The molecule has 0 aliphatic heterocycles. The number of likely N-dealkylation sites (N-methyl/N-ethyl adjacent to an activating group) is 1. The Bertz CT molecular complexity index is 550. The van der Waals surface area contributed by atoms with Gasteiger partial charge in [-0.15, -0.1) is 24.2 Å². The van der Waals surface area contributed by atoms with Crippen molar-refractivity contribution in [2.75, 3.05) is 27.5 Å². The zero-order chi connectivity index (χ0) is 15.6. The van der Waals surface area contributed by atoms with Crippen molar-refractivity contribution in [3.63, 3.8) is 0 Å². The largest absolute Gasteiger partial charge is 0.493 e. The van der Waals surface area contributed by atoms with Gasteiger partial charge in [0.2, 0.25) is 5.91 Å². The van der Waals surface area contributed by atoms with Crippen molar-refractivity contribution in [2.45, 2.75) is 29.8 Å². The number of amides is 1. The zero-order valence-electron chi connectivity index (χ0n) is 13.3. The van der Waals surface area contributed by atoms with E-state index in [0.29, 0.717) is 18.0 Å². The van der Waals surface area contributed by atoms with Gasteiger partial charge in [0.25, 0.3) is 0 Å². The molecule has 124 valence electrons. The summed E-state index contributed by atoms with van der Waals surface area (Å²) < 4.78 is 10.6. The van der Waals surface area contributed by atoms with Crippen LogP contribution in [0.5, 0.6) is 11.5 Å². The third-order valence-electron chi connectivity index (χ3n) is 3.76. The van der Waals surface area contributed by atoms with Crippen LogP contribution in [-0.2, 0) is 11.3 Å². The van der Waals surface area contributed by atoms with Gasteiger partial charge < -0.3 is 20.1 Å². The van der Waals surface area contributed by atoms with Crippen LogP contribution in [0.4, 0.5) is 0 Å². The van der Waals surface area contributed by atoms with Crippen LogP contribution in [0.3, 0.4) is 0 Å². The molecule has 0 bridgehead atoms. The Kier molecular flexibility index (Phi) is 6.40. The molecule has 1 amide bonds. The molecule has 1 saturated carbocycles. The first kappa shape index (κ1) is 18.9. The Morgan fingerprint density at radius 3 is 2.32 bits per heavy atom. The molecule has 22 heavy (non-hydrogen) atoms. The number of nitrogens with zero attached hydrogens (tertiary/aromatic N) is 1. The second-order valence-electron chi connectivity index (χ2n) is 5.34. The fraction of sp³-hybridized carbons (Fsp3) is 0.533. The molecule has 7 heteroatoms. The lowest BCUT2D eigenvalue weighted by Gasteiger charge is -2.23. The van der Waals surface area contributed by atoms with Gasteiger partial charge in [0, 0.05) is 18.5 Å². The summed E-state index contributed by atoms with van der Waals surface area (Å²) >= 11 is 1.62. The van der Waals surface area contributed by atoms with Crippen LogP contribution < -0.4 is 15.2 Å². The monoisotopic (exact) mass is 346 g/mol. The molecule has 1 fully saturated rings. The van der Waals surface area contributed by atoms with E-state index in [1.807, 2.05) is 18.4 Å². The molecular formula is C15H23ClN2O3S. The van der Waals surface area contributed by atoms with Gasteiger partial charge in [0.05, 0.1) is 19.8 Å². The normalized spacial score (nSPS) is 14.8. The SMILES string of the molecule is COc1cc(CN(C)C(=O)C2(N)CC2)c(SC)cc1OC.Cl. The number of rotatable bonds is 6. The van der Waals surface area contributed by atoms with E-state index in [9.17, 15) is 4.79 Å². The quantitative estimate of drug-likeness (QED) is 0.801. The molecule has 0 unspecified atom stereocenters. The Balaban J connectivity index is 0.00000242. The standard InChI is InChI=1S/C15H22N2O3S.ClH/c1-17(14(18)15(16)5-6-15)9-10-7-11(19-2)12(20-3)8-13(10)21-4;/h7-8H,5-6,9,16H2,1-4H3;1H. The van der Waals surface area contributed by atoms with E-state index in [1.165, 1.54) is 0 Å². The van der Waals surface area contributed by atoms with Gasteiger partial charge in [-0.3, -0.25) is 4.79 Å². The summed E-state index contributed by atoms with van der Waals surface area (Å²) in [5.74, 6) is 1.36. The molecule has 1 aromatic rings. The van der Waals surface area contributed by atoms with Crippen LogP contribution in [0.15, 0.2) is 17.0 Å². The molecule has 2 N–H and O–H groups in total. The number of hydrogen-bond acceptors (Lipinski definition) is 5. The summed E-state index contributed by atoms with van der Waals surface area (Å²) in [6.45, 7) is 0.508. The Hall–Kier alpha value is -1.11. The number of ether oxygens (including phenoxy) is 2. The summed E-state index contributed by atoms with van der Waals surface area (Å²) in [5, 5.41) is 0. The Morgan fingerprint density at radius 2 is 1.86 bits per heavy atom. The molecule has 5 nitrogen and oxygen atoms in total. The molecule has 2 rings (SSSR count). The van der Waals surface area contributed by atoms with Crippen molar-refractivity contribution >= 4 is 30.1 Å². The molecular weight excluding hydrogens is 324 g/mol. The highest BCUT2D eigenvalue weighted by Crippen LogP contribution is 2.37. The maximum Gasteiger partial charge on any atom is 0.242 e. The van der Waals surface area contributed by atoms with E-state index in [4.69, 9.17) is 15.2 Å². The number of halogens is 1. The van der Waals surface area contributed by atoms with Crippen LogP contribution in [-0.4, -0.2) is 43.9 Å². The minimum absolute atomic E-state index is 0. The van der Waals surface area contributed by atoms with Crippen LogP contribution in [0.1, 0.15) is 18.4 Å². The van der Waals surface area contributed by atoms with Gasteiger partial charge in [0.1, 0.15) is 0 Å². The van der Waals surface area contributed by atoms with Crippen molar-refractivity contribution in [1.82, 2.24) is 4.90 Å². The van der Waals surface area contributed by atoms with E-state index in [-0.39, 0.29) is 18.3 Å². The average molecular weight is 347 g/mol. The smallest absolute Gasteiger partial charge is 0.242 e. The molecule has 0 spiro atoms.